The number of anilines is 1. The number of nitrogens with zero attached hydrogens (tertiary/aromatic N) is 3. The van der Waals surface area contributed by atoms with E-state index in [1.807, 2.05) is 12.1 Å². The number of hydrogen-bond acceptors (Lipinski definition) is 6. The van der Waals surface area contributed by atoms with Crippen molar-refractivity contribution in [2.45, 2.75) is 5.16 Å². The number of benzene rings is 2. The first-order chi connectivity index (χ1) is 13.0. The molecule has 0 aliphatic heterocycles. The summed E-state index contributed by atoms with van der Waals surface area (Å²) in [6.07, 6.45) is 0. The van der Waals surface area contributed by atoms with Crippen LogP contribution < -0.4 is 15.9 Å². The molecule has 1 heterocycles. The minimum atomic E-state index is -0.571. The van der Waals surface area contributed by atoms with E-state index < -0.39 is 11.7 Å². The van der Waals surface area contributed by atoms with E-state index in [1.165, 1.54) is 22.9 Å². The van der Waals surface area contributed by atoms with Crippen molar-refractivity contribution >= 4 is 35.0 Å². The third-order valence-electron chi connectivity index (χ3n) is 3.55. The quantitative estimate of drug-likeness (QED) is 0.481. The van der Waals surface area contributed by atoms with Crippen LogP contribution in [0.15, 0.2) is 47.6 Å². The van der Waals surface area contributed by atoms with Gasteiger partial charge in [0.05, 0.1) is 24.1 Å². The summed E-state index contributed by atoms with van der Waals surface area (Å²) in [6.45, 7) is 0. The molecule has 0 saturated carbocycles. The lowest BCUT2D eigenvalue weighted by Gasteiger charge is -2.08. The number of rotatable bonds is 6. The number of halogens is 2. The van der Waals surface area contributed by atoms with E-state index in [2.05, 4.69) is 15.5 Å². The molecule has 0 fully saturated rings. The maximum absolute atomic E-state index is 13.7. The van der Waals surface area contributed by atoms with E-state index in [0.717, 1.165) is 11.8 Å². The average Bonchev–Trinajstić information content (AvgIpc) is 3.03. The van der Waals surface area contributed by atoms with Crippen molar-refractivity contribution < 1.29 is 13.9 Å². The highest BCUT2D eigenvalue weighted by Gasteiger charge is 2.17. The number of carbonyl (C=O) groups is 1. The lowest BCUT2D eigenvalue weighted by molar-refractivity contribution is -0.113. The highest BCUT2D eigenvalue weighted by molar-refractivity contribution is 7.99. The number of thioether (sulfide) groups is 1. The predicted molar refractivity (Wildman–Crippen MR) is 103 cm³/mol. The zero-order valence-electron chi connectivity index (χ0n) is 14.1. The first-order valence-electron chi connectivity index (χ1n) is 7.71. The van der Waals surface area contributed by atoms with E-state index in [1.54, 1.807) is 19.2 Å². The minimum absolute atomic E-state index is 0.0111. The van der Waals surface area contributed by atoms with E-state index in [0.29, 0.717) is 27.3 Å². The van der Waals surface area contributed by atoms with Gasteiger partial charge >= 0.3 is 0 Å². The number of para-hydroxylation sites is 1. The largest absolute Gasteiger partial charge is 0.496 e. The van der Waals surface area contributed by atoms with Crippen LogP contribution in [0.2, 0.25) is 5.02 Å². The second-order valence-electron chi connectivity index (χ2n) is 5.34. The zero-order valence-corrected chi connectivity index (χ0v) is 15.7. The second-order valence-corrected chi connectivity index (χ2v) is 6.72. The summed E-state index contributed by atoms with van der Waals surface area (Å²) in [5.74, 6) is 6.01. The van der Waals surface area contributed by atoms with Gasteiger partial charge in [-0.25, -0.2) is 9.07 Å². The summed E-state index contributed by atoms with van der Waals surface area (Å²) in [4.78, 5) is 12.1. The fraction of sp³-hybridized carbons (Fsp3) is 0.118. The van der Waals surface area contributed by atoms with E-state index in [-0.39, 0.29) is 11.4 Å². The first-order valence-corrected chi connectivity index (χ1v) is 9.07. The maximum atomic E-state index is 13.7. The molecular formula is C17H15ClFN5O2S. The maximum Gasteiger partial charge on any atom is 0.234 e. The molecule has 0 radical (unpaired) electrons. The monoisotopic (exact) mass is 407 g/mol. The molecule has 0 spiro atoms. The zero-order chi connectivity index (χ0) is 19.4. The van der Waals surface area contributed by atoms with Gasteiger partial charge in [0.2, 0.25) is 11.1 Å². The third kappa shape index (κ3) is 4.32. The molecular weight excluding hydrogens is 393 g/mol. The number of methoxy groups -OCH3 is 1. The van der Waals surface area contributed by atoms with Crippen LogP contribution in [0.5, 0.6) is 5.75 Å². The summed E-state index contributed by atoms with van der Waals surface area (Å²) >= 11 is 6.88. The number of amides is 1. The minimum Gasteiger partial charge on any atom is -0.496 e. The number of ether oxygens (including phenoxy) is 1. The van der Waals surface area contributed by atoms with E-state index in [4.69, 9.17) is 22.2 Å². The van der Waals surface area contributed by atoms with Gasteiger partial charge in [-0.3, -0.25) is 4.79 Å². The van der Waals surface area contributed by atoms with Gasteiger partial charge in [0.15, 0.2) is 5.82 Å². The van der Waals surface area contributed by atoms with Gasteiger partial charge in [0, 0.05) is 5.02 Å². The highest BCUT2D eigenvalue weighted by Crippen LogP contribution is 2.29. The molecule has 1 aromatic heterocycles. The van der Waals surface area contributed by atoms with E-state index >= 15 is 0 Å². The Balaban J connectivity index is 1.69. The van der Waals surface area contributed by atoms with Gasteiger partial charge < -0.3 is 15.9 Å². The highest BCUT2D eigenvalue weighted by atomic mass is 35.5. The molecule has 3 aromatic rings. The van der Waals surface area contributed by atoms with Crippen molar-refractivity contribution in [1.29, 1.82) is 0 Å². The van der Waals surface area contributed by atoms with Crippen LogP contribution in [-0.2, 0) is 4.79 Å². The number of carbonyl (C=O) groups excluding carboxylic acids is 1. The molecule has 3 rings (SSSR count). The number of nitrogens with one attached hydrogen (secondary N) is 1. The molecule has 0 atom stereocenters. The van der Waals surface area contributed by atoms with Gasteiger partial charge in [0.1, 0.15) is 11.6 Å². The molecule has 1 amide bonds. The van der Waals surface area contributed by atoms with Gasteiger partial charge in [-0.15, -0.1) is 10.2 Å². The predicted octanol–water partition coefficient (Wildman–Crippen LogP) is 3.19. The Labute approximate surface area is 163 Å². The van der Waals surface area contributed by atoms with Crippen LogP contribution in [0.3, 0.4) is 0 Å². The Morgan fingerprint density at radius 3 is 2.89 bits per heavy atom. The van der Waals surface area contributed by atoms with Crippen LogP contribution in [0, 0.1) is 5.82 Å². The first kappa shape index (κ1) is 19.0. The van der Waals surface area contributed by atoms with Gasteiger partial charge in [0.25, 0.3) is 0 Å². The molecule has 0 aliphatic carbocycles. The van der Waals surface area contributed by atoms with Crippen molar-refractivity contribution in [3.8, 4) is 17.1 Å². The Kier molecular flexibility index (Phi) is 5.82. The molecule has 3 N–H and O–H groups in total. The number of nitrogen functional groups attached to an aromatic ring is 1. The van der Waals surface area contributed by atoms with Crippen molar-refractivity contribution in [3.63, 3.8) is 0 Å². The molecule has 0 aliphatic rings. The topological polar surface area (TPSA) is 95.1 Å². The fourth-order valence-corrected chi connectivity index (χ4v) is 3.13. The van der Waals surface area contributed by atoms with Crippen LogP contribution >= 0.6 is 23.4 Å². The molecule has 7 nitrogen and oxygen atoms in total. The number of aromatic nitrogens is 3. The van der Waals surface area contributed by atoms with Crippen molar-refractivity contribution in [2.75, 3.05) is 24.0 Å². The Hall–Kier alpha value is -2.78. The smallest absolute Gasteiger partial charge is 0.234 e. The molecule has 140 valence electrons. The van der Waals surface area contributed by atoms with Gasteiger partial charge in [-0.1, -0.05) is 35.5 Å². The van der Waals surface area contributed by atoms with Crippen LogP contribution in [0.1, 0.15) is 0 Å². The summed E-state index contributed by atoms with van der Waals surface area (Å²) in [5, 5.41) is 11.2. The fourth-order valence-electron chi connectivity index (χ4n) is 2.30. The summed E-state index contributed by atoms with van der Waals surface area (Å²) < 4.78 is 20.3. The molecule has 27 heavy (non-hydrogen) atoms. The van der Waals surface area contributed by atoms with Gasteiger partial charge in [-0.05, 0) is 30.3 Å². The van der Waals surface area contributed by atoms with Crippen molar-refractivity contribution in [1.82, 2.24) is 14.9 Å². The Morgan fingerprint density at radius 2 is 2.11 bits per heavy atom. The second kappa shape index (κ2) is 8.28. The summed E-state index contributed by atoms with van der Waals surface area (Å²) in [5.41, 5.74) is 0.685. The Bertz CT molecular complexity index is 982. The molecule has 2 aromatic carbocycles. The summed E-state index contributed by atoms with van der Waals surface area (Å²) in [7, 11) is 1.55. The molecule has 10 heteroatoms. The SMILES string of the molecule is COc1ccccc1-c1nnc(SCC(=O)Nc2cc(Cl)ccc2F)n1N. The van der Waals surface area contributed by atoms with Crippen molar-refractivity contribution in [2.24, 2.45) is 0 Å². The van der Waals surface area contributed by atoms with Crippen LogP contribution in [-0.4, -0.2) is 33.6 Å². The molecule has 0 saturated heterocycles. The van der Waals surface area contributed by atoms with Gasteiger partial charge in [-0.2, -0.15) is 0 Å². The van der Waals surface area contributed by atoms with Crippen LogP contribution in [0.4, 0.5) is 10.1 Å². The van der Waals surface area contributed by atoms with Crippen molar-refractivity contribution in [3.05, 3.63) is 53.3 Å². The molecule has 0 bridgehead atoms. The molecule has 0 unspecified atom stereocenters. The standard InChI is InChI=1S/C17H15ClFN5O2S/c1-26-14-5-3-2-4-11(14)16-22-23-17(24(16)20)27-9-15(25)21-13-8-10(18)6-7-12(13)19/h2-8H,9,20H2,1H3,(H,21,25). The average molecular weight is 408 g/mol. The number of hydrogen-bond donors (Lipinski definition) is 2. The normalized spacial score (nSPS) is 10.6. The Morgan fingerprint density at radius 1 is 1.33 bits per heavy atom. The summed E-state index contributed by atoms with van der Waals surface area (Å²) in [6, 6.07) is 11.2. The van der Waals surface area contributed by atoms with Crippen LogP contribution in [0.25, 0.3) is 11.4 Å². The number of nitrogens with two attached hydrogens (primary N) is 1. The lowest BCUT2D eigenvalue weighted by Crippen LogP contribution is -2.17. The lowest BCUT2D eigenvalue weighted by atomic mass is 10.2. The third-order valence-corrected chi connectivity index (χ3v) is 4.73. The van der Waals surface area contributed by atoms with E-state index in [9.17, 15) is 9.18 Å².